The molecule has 0 fully saturated rings. The maximum atomic E-state index is 4.80. The van der Waals surface area contributed by atoms with Crippen LogP contribution < -0.4 is 0 Å². The van der Waals surface area contributed by atoms with Crippen molar-refractivity contribution in [3.05, 3.63) is 35.8 Å². The summed E-state index contributed by atoms with van der Waals surface area (Å²) in [7, 11) is 0. The fourth-order valence-electron chi connectivity index (χ4n) is 2.29. The first-order chi connectivity index (χ1) is 9.06. The van der Waals surface area contributed by atoms with Crippen LogP contribution in [0, 0.1) is 0 Å². The van der Waals surface area contributed by atoms with Gasteiger partial charge < -0.3 is 4.98 Å². The van der Waals surface area contributed by atoms with Crippen molar-refractivity contribution in [3.63, 3.8) is 0 Å². The first-order valence-corrected chi connectivity index (χ1v) is 6.85. The number of pyridine rings is 1. The van der Waals surface area contributed by atoms with Gasteiger partial charge in [-0.25, -0.2) is 4.98 Å². The topological polar surface area (TPSA) is 41.6 Å². The largest absolute Gasteiger partial charge is 0.340 e. The molecule has 0 radical (unpaired) electrons. The second kappa shape index (κ2) is 4.34. The van der Waals surface area contributed by atoms with Gasteiger partial charge in [0.2, 0.25) is 0 Å². The molecular weight excluding hydrogens is 234 g/mol. The molecule has 3 aromatic rings. The number of benzene rings is 1. The molecule has 0 spiro atoms. The molecule has 1 aromatic carbocycles. The third-order valence-corrected chi connectivity index (χ3v) is 3.49. The normalized spacial score (nSPS) is 12.1. The number of aromatic nitrogens is 3. The van der Waals surface area contributed by atoms with Crippen molar-refractivity contribution in [1.29, 1.82) is 0 Å². The van der Waals surface area contributed by atoms with Crippen molar-refractivity contribution in [3.8, 4) is 0 Å². The van der Waals surface area contributed by atoms with Crippen LogP contribution in [0.2, 0.25) is 0 Å². The van der Waals surface area contributed by atoms with Crippen LogP contribution in [0.4, 0.5) is 0 Å². The number of aromatic amines is 1. The van der Waals surface area contributed by atoms with Crippen LogP contribution in [0.3, 0.4) is 0 Å². The quantitative estimate of drug-likeness (QED) is 0.737. The minimum absolute atomic E-state index is 0.399. The van der Waals surface area contributed by atoms with E-state index in [1.807, 2.05) is 0 Å². The van der Waals surface area contributed by atoms with Crippen LogP contribution >= 0.6 is 0 Å². The van der Waals surface area contributed by atoms with E-state index in [-0.39, 0.29) is 0 Å². The molecule has 2 aromatic heterocycles. The summed E-state index contributed by atoms with van der Waals surface area (Å²) >= 11 is 0. The fourth-order valence-corrected chi connectivity index (χ4v) is 2.29. The van der Waals surface area contributed by atoms with Crippen molar-refractivity contribution in [1.82, 2.24) is 15.0 Å². The van der Waals surface area contributed by atoms with Crippen LogP contribution in [0.25, 0.3) is 21.9 Å². The standard InChI is InChI=1S/C16H19N3/c1-9(2)12-7-5-11-6-8-13-15(14(11)17-12)19-16(18-13)10(3)4/h5-10H,1-4H3,(H,18,19). The molecule has 0 aliphatic rings. The Morgan fingerprint density at radius 1 is 0.895 bits per heavy atom. The molecule has 0 amide bonds. The number of fused-ring (bicyclic) bond motifs is 3. The van der Waals surface area contributed by atoms with Gasteiger partial charge in [0.15, 0.2) is 0 Å². The van der Waals surface area contributed by atoms with E-state index in [0.29, 0.717) is 11.8 Å². The highest BCUT2D eigenvalue weighted by atomic mass is 14.9. The number of H-pyrrole nitrogens is 1. The van der Waals surface area contributed by atoms with Crippen LogP contribution in [0.1, 0.15) is 51.0 Å². The summed E-state index contributed by atoms with van der Waals surface area (Å²) in [4.78, 5) is 12.9. The van der Waals surface area contributed by atoms with Crippen molar-refractivity contribution >= 4 is 21.9 Å². The number of rotatable bonds is 2. The second-order valence-corrected chi connectivity index (χ2v) is 5.70. The number of hydrogen-bond acceptors (Lipinski definition) is 2. The predicted molar refractivity (Wildman–Crippen MR) is 79.6 cm³/mol. The van der Waals surface area contributed by atoms with Crippen molar-refractivity contribution in [2.45, 2.75) is 39.5 Å². The molecule has 0 bridgehead atoms. The van der Waals surface area contributed by atoms with Crippen molar-refractivity contribution in [2.24, 2.45) is 0 Å². The Kier molecular flexibility index (Phi) is 2.77. The van der Waals surface area contributed by atoms with E-state index < -0.39 is 0 Å². The van der Waals surface area contributed by atoms with Crippen molar-refractivity contribution in [2.75, 3.05) is 0 Å². The highest BCUT2D eigenvalue weighted by Gasteiger charge is 2.11. The van der Waals surface area contributed by atoms with Gasteiger partial charge in [-0.2, -0.15) is 0 Å². The van der Waals surface area contributed by atoms with Crippen LogP contribution in [-0.2, 0) is 0 Å². The highest BCUT2D eigenvalue weighted by molar-refractivity contribution is 6.01. The minimum atomic E-state index is 0.399. The molecule has 0 atom stereocenters. The Bertz CT molecular complexity index is 738. The smallest absolute Gasteiger partial charge is 0.109 e. The summed E-state index contributed by atoms with van der Waals surface area (Å²) in [6.07, 6.45) is 0. The van der Waals surface area contributed by atoms with E-state index in [9.17, 15) is 0 Å². The number of hydrogen-bond donors (Lipinski definition) is 1. The average Bonchev–Trinajstić information content (AvgIpc) is 2.82. The summed E-state index contributed by atoms with van der Waals surface area (Å²) in [5.74, 6) is 1.86. The van der Waals surface area contributed by atoms with Crippen LogP contribution in [-0.4, -0.2) is 15.0 Å². The Morgan fingerprint density at radius 2 is 1.63 bits per heavy atom. The number of imidazole rings is 1. The highest BCUT2D eigenvalue weighted by Crippen LogP contribution is 2.26. The zero-order valence-electron chi connectivity index (χ0n) is 11.9. The summed E-state index contributed by atoms with van der Waals surface area (Å²) in [5, 5.41) is 1.16. The third-order valence-electron chi connectivity index (χ3n) is 3.49. The Hall–Kier alpha value is -1.90. The number of nitrogens with zero attached hydrogens (tertiary/aromatic N) is 2. The van der Waals surface area contributed by atoms with Gasteiger partial charge in [0, 0.05) is 17.0 Å². The Morgan fingerprint density at radius 3 is 2.32 bits per heavy atom. The summed E-state index contributed by atoms with van der Waals surface area (Å²) in [6.45, 7) is 8.63. The molecule has 0 aliphatic carbocycles. The van der Waals surface area contributed by atoms with Gasteiger partial charge in [0.05, 0.1) is 16.6 Å². The third kappa shape index (κ3) is 1.99. The fraction of sp³-hybridized carbons (Fsp3) is 0.375. The Labute approximate surface area is 113 Å². The zero-order valence-corrected chi connectivity index (χ0v) is 11.9. The predicted octanol–water partition coefficient (Wildman–Crippen LogP) is 4.36. The molecular formula is C16H19N3. The molecule has 2 heterocycles. The Balaban J connectivity index is 2.33. The van der Waals surface area contributed by atoms with Gasteiger partial charge in [0.1, 0.15) is 5.82 Å². The van der Waals surface area contributed by atoms with Gasteiger partial charge in [0.25, 0.3) is 0 Å². The van der Waals surface area contributed by atoms with E-state index in [2.05, 4.69) is 61.9 Å². The molecule has 19 heavy (non-hydrogen) atoms. The first-order valence-electron chi connectivity index (χ1n) is 6.85. The lowest BCUT2D eigenvalue weighted by Gasteiger charge is -2.06. The lowest BCUT2D eigenvalue weighted by molar-refractivity contribution is 0.799. The van der Waals surface area contributed by atoms with E-state index >= 15 is 0 Å². The van der Waals surface area contributed by atoms with Gasteiger partial charge in [-0.1, -0.05) is 39.8 Å². The summed E-state index contributed by atoms with van der Waals surface area (Å²) in [5.41, 5.74) is 4.22. The summed E-state index contributed by atoms with van der Waals surface area (Å²) in [6, 6.07) is 8.42. The van der Waals surface area contributed by atoms with Gasteiger partial charge in [-0.3, -0.25) is 4.98 Å². The SMILES string of the molecule is CC(C)c1ccc2ccc3nc(C(C)C)[nH]c3c2n1. The van der Waals surface area contributed by atoms with Crippen LogP contribution in [0.5, 0.6) is 0 Å². The molecule has 0 saturated heterocycles. The molecule has 1 N–H and O–H groups in total. The molecule has 0 saturated carbocycles. The maximum absolute atomic E-state index is 4.80. The second-order valence-electron chi connectivity index (χ2n) is 5.70. The van der Waals surface area contributed by atoms with Gasteiger partial charge in [-0.15, -0.1) is 0 Å². The molecule has 3 nitrogen and oxygen atoms in total. The van der Waals surface area contributed by atoms with Crippen molar-refractivity contribution < 1.29 is 0 Å². The zero-order chi connectivity index (χ0) is 13.6. The van der Waals surface area contributed by atoms with E-state index in [4.69, 9.17) is 4.98 Å². The maximum Gasteiger partial charge on any atom is 0.109 e. The molecule has 98 valence electrons. The van der Waals surface area contributed by atoms with E-state index in [1.54, 1.807) is 0 Å². The van der Waals surface area contributed by atoms with Gasteiger partial charge >= 0.3 is 0 Å². The van der Waals surface area contributed by atoms with Crippen LogP contribution in [0.15, 0.2) is 24.3 Å². The lowest BCUT2D eigenvalue weighted by Crippen LogP contribution is -1.93. The minimum Gasteiger partial charge on any atom is -0.340 e. The molecule has 3 heteroatoms. The summed E-state index contributed by atoms with van der Waals surface area (Å²) < 4.78 is 0. The van der Waals surface area contributed by atoms with E-state index in [1.165, 1.54) is 0 Å². The first kappa shape index (κ1) is 12.2. The van der Waals surface area contributed by atoms with E-state index in [0.717, 1.165) is 33.5 Å². The van der Waals surface area contributed by atoms with Gasteiger partial charge in [-0.05, 0) is 18.1 Å². The molecule has 0 unspecified atom stereocenters. The molecule has 3 rings (SSSR count). The lowest BCUT2D eigenvalue weighted by atomic mass is 10.1. The molecule has 0 aliphatic heterocycles. The monoisotopic (exact) mass is 253 g/mol. The average molecular weight is 253 g/mol. The number of nitrogens with one attached hydrogen (secondary N) is 1.